The lowest BCUT2D eigenvalue weighted by Gasteiger charge is -2.05. The number of phenolic OH excluding ortho intramolecular Hbond substituents is 1. The second kappa shape index (κ2) is 3.24. The highest BCUT2D eigenvalue weighted by molar-refractivity contribution is 7.99. The van der Waals surface area contributed by atoms with E-state index in [-0.39, 0.29) is 0 Å². The second-order valence-electron chi connectivity index (χ2n) is 2.91. The minimum absolute atomic E-state index is 0.429. The maximum atomic E-state index is 9.80. The number of rotatable bonds is 1. The van der Waals surface area contributed by atoms with Gasteiger partial charge in [-0.25, -0.2) is 0 Å². The van der Waals surface area contributed by atoms with Gasteiger partial charge in [-0.05, 0) is 36.3 Å². The number of hydrogen-bond donors (Lipinski definition) is 1. The normalized spacial score (nSPS) is 10.9. The van der Waals surface area contributed by atoms with Crippen LogP contribution >= 0.6 is 23.1 Å². The van der Waals surface area contributed by atoms with Crippen molar-refractivity contribution in [1.82, 2.24) is 0 Å². The molecule has 1 aromatic heterocycles. The van der Waals surface area contributed by atoms with Gasteiger partial charge >= 0.3 is 0 Å². The van der Waals surface area contributed by atoms with Crippen LogP contribution in [0.2, 0.25) is 0 Å². The zero-order chi connectivity index (χ0) is 9.42. The van der Waals surface area contributed by atoms with Gasteiger partial charge in [0.2, 0.25) is 0 Å². The molecule has 68 valence electrons. The average Bonchev–Trinajstić information content (AvgIpc) is 2.54. The third-order valence-corrected chi connectivity index (χ3v) is 3.77. The summed E-state index contributed by atoms with van der Waals surface area (Å²) in [4.78, 5) is 0.997. The predicted molar refractivity (Wildman–Crippen MR) is 60.0 cm³/mol. The fraction of sp³-hybridized carbons (Fsp3) is 0.200. The van der Waals surface area contributed by atoms with Crippen LogP contribution in [0.25, 0.3) is 10.1 Å². The maximum Gasteiger partial charge on any atom is 0.132 e. The Bertz CT molecular complexity index is 445. The molecule has 1 nitrogen and oxygen atoms in total. The molecule has 0 saturated heterocycles. The Hall–Kier alpha value is -0.670. The summed E-state index contributed by atoms with van der Waals surface area (Å²) in [6.45, 7) is 1.94. The van der Waals surface area contributed by atoms with Crippen LogP contribution < -0.4 is 0 Å². The van der Waals surface area contributed by atoms with Gasteiger partial charge in [0.25, 0.3) is 0 Å². The van der Waals surface area contributed by atoms with Gasteiger partial charge in [0, 0.05) is 10.1 Å². The van der Waals surface area contributed by atoms with Gasteiger partial charge in [-0.2, -0.15) is 0 Å². The van der Waals surface area contributed by atoms with Crippen LogP contribution in [-0.4, -0.2) is 11.4 Å². The van der Waals surface area contributed by atoms with E-state index in [2.05, 4.69) is 11.4 Å². The lowest BCUT2D eigenvalue weighted by molar-refractivity contribution is 0.460. The molecule has 0 aliphatic heterocycles. The quantitative estimate of drug-likeness (QED) is 0.725. The summed E-state index contributed by atoms with van der Waals surface area (Å²) in [5.74, 6) is 0.429. The summed E-state index contributed by atoms with van der Waals surface area (Å²) >= 11 is 3.32. The van der Waals surface area contributed by atoms with Crippen LogP contribution in [0.5, 0.6) is 5.75 Å². The van der Waals surface area contributed by atoms with Crippen LogP contribution in [0.1, 0.15) is 5.56 Å². The molecule has 1 aromatic carbocycles. The topological polar surface area (TPSA) is 20.2 Å². The molecule has 0 aliphatic rings. The fourth-order valence-electron chi connectivity index (χ4n) is 1.40. The Kier molecular flexibility index (Phi) is 2.22. The van der Waals surface area contributed by atoms with E-state index >= 15 is 0 Å². The summed E-state index contributed by atoms with van der Waals surface area (Å²) in [5.41, 5.74) is 0.958. The summed E-state index contributed by atoms with van der Waals surface area (Å²) < 4.78 is 1.25. The number of thiophene rings is 1. The first-order valence-electron chi connectivity index (χ1n) is 3.98. The van der Waals surface area contributed by atoms with Crippen molar-refractivity contribution >= 4 is 33.2 Å². The van der Waals surface area contributed by atoms with E-state index in [9.17, 15) is 5.11 Å². The Morgan fingerprint density at radius 2 is 2.23 bits per heavy atom. The standard InChI is InChI=1S/C10H10OS2/c1-6-5-8-7(3-4-13-8)10(12-2)9(6)11/h3-5,11H,1-2H3. The Morgan fingerprint density at radius 1 is 1.46 bits per heavy atom. The van der Waals surface area contributed by atoms with Crippen LogP contribution in [0, 0.1) is 6.92 Å². The molecule has 13 heavy (non-hydrogen) atoms. The van der Waals surface area contributed by atoms with Crippen LogP contribution in [-0.2, 0) is 0 Å². The summed E-state index contributed by atoms with van der Waals surface area (Å²) in [6, 6.07) is 4.10. The van der Waals surface area contributed by atoms with E-state index in [0.717, 1.165) is 10.5 Å². The third-order valence-electron chi connectivity index (χ3n) is 2.08. The molecule has 0 saturated carbocycles. The van der Waals surface area contributed by atoms with Gasteiger partial charge in [-0.15, -0.1) is 23.1 Å². The molecular weight excluding hydrogens is 200 g/mol. The molecule has 0 bridgehead atoms. The van der Waals surface area contributed by atoms with Crippen molar-refractivity contribution in [2.24, 2.45) is 0 Å². The Morgan fingerprint density at radius 3 is 2.92 bits per heavy atom. The van der Waals surface area contributed by atoms with Crippen LogP contribution in [0.4, 0.5) is 0 Å². The molecule has 0 unspecified atom stereocenters. The number of aryl methyl sites for hydroxylation is 1. The number of hydrogen-bond acceptors (Lipinski definition) is 3. The minimum atomic E-state index is 0.429. The summed E-state index contributed by atoms with van der Waals surface area (Å²) in [6.07, 6.45) is 1.99. The highest BCUT2D eigenvalue weighted by Crippen LogP contribution is 2.39. The van der Waals surface area contributed by atoms with E-state index in [0.29, 0.717) is 5.75 Å². The van der Waals surface area contributed by atoms with E-state index in [1.165, 1.54) is 10.1 Å². The smallest absolute Gasteiger partial charge is 0.132 e. The monoisotopic (exact) mass is 210 g/mol. The molecule has 0 atom stereocenters. The molecule has 0 amide bonds. The van der Waals surface area contributed by atoms with Crippen molar-refractivity contribution in [3.63, 3.8) is 0 Å². The molecular formula is C10H10OS2. The van der Waals surface area contributed by atoms with E-state index in [4.69, 9.17) is 0 Å². The fourth-order valence-corrected chi connectivity index (χ4v) is 3.11. The van der Waals surface area contributed by atoms with Crippen molar-refractivity contribution in [2.45, 2.75) is 11.8 Å². The minimum Gasteiger partial charge on any atom is -0.506 e. The number of aromatic hydroxyl groups is 1. The van der Waals surface area contributed by atoms with Crippen LogP contribution in [0.3, 0.4) is 0 Å². The number of benzene rings is 1. The zero-order valence-electron chi connectivity index (χ0n) is 7.50. The molecule has 0 spiro atoms. The molecule has 0 fully saturated rings. The lowest BCUT2D eigenvalue weighted by Crippen LogP contribution is -1.79. The first-order chi connectivity index (χ1) is 6.24. The van der Waals surface area contributed by atoms with Gasteiger partial charge in [0.15, 0.2) is 0 Å². The van der Waals surface area contributed by atoms with Gasteiger partial charge in [0.1, 0.15) is 5.75 Å². The van der Waals surface area contributed by atoms with Crippen molar-refractivity contribution < 1.29 is 5.11 Å². The van der Waals surface area contributed by atoms with Gasteiger partial charge < -0.3 is 5.11 Å². The predicted octanol–water partition coefficient (Wildman–Crippen LogP) is 3.64. The SMILES string of the molecule is CSc1c(O)c(C)cc2sccc12. The number of thioether (sulfide) groups is 1. The highest BCUT2D eigenvalue weighted by atomic mass is 32.2. The molecule has 3 heteroatoms. The Balaban J connectivity index is 2.87. The molecule has 2 rings (SSSR count). The van der Waals surface area contributed by atoms with Crippen LogP contribution in [0.15, 0.2) is 22.4 Å². The summed E-state index contributed by atoms with van der Waals surface area (Å²) in [5, 5.41) is 13.0. The van der Waals surface area contributed by atoms with E-state index in [1.807, 2.05) is 19.2 Å². The van der Waals surface area contributed by atoms with E-state index < -0.39 is 0 Å². The third kappa shape index (κ3) is 1.32. The van der Waals surface area contributed by atoms with Gasteiger partial charge in [0.05, 0.1) is 4.90 Å². The van der Waals surface area contributed by atoms with Crippen molar-refractivity contribution in [3.05, 3.63) is 23.1 Å². The lowest BCUT2D eigenvalue weighted by atomic mass is 10.2. The molecule has 2 aromatic rings. The first-order valence-corrected chi connectivity index (χ1v) is 6.08. The number of fused-ring (bicyclic) bond motifs is 1. The molecule has 0 aliphatic carbocycles. The van der Waals surface area contributed by atoms with Crippen molar-refractivity contribution in [3.8, 4) is 5.75 Å². The molecule has 0 radical (unpaired) electrons. The highest BCUT2D eigenvalue weighted by Gasteiger charge is 2.09. The van der Waals surface area contributed by atoms with Gasteiger partial charge in [-0.1, -0.05) is 0 Å². The summed E-state index contributed by atoms with van der Waals surface area (Å²) in [7, 11) is 0. The second-order valence-corrected chi connectivity index (χ2v) is 4.67. The molecule has 1 heterocycles. The maximum absolute atomic E-state index is 9.80. The Labute approximate surface area is 85.4 Å². The average molecular weight is 210 g/mol. The zero-order valence-corrected chi connectivity index (χ0v) is 9.13. The van der Waals surface area contributed by atoms with Crippen molar-refractivity contribution in [2.75, 3.05) is 6.26 Å². The van der Waals surface area contributed by atoms with Gasteiger partial charge in [-0.3, -0.25) is 0 Å². The first kappa shape index (κ1) is 8.91. The number of phenols is 1. The van der Waals surface area contributed by atoms with Crippen molar-refractivity contribution in [1.29, 1.82) is 0 Å². The molecule has 1 N–H and O–H groups in total. The largest absolute Gasteiger partial charge is 0.506 e. The van der Waals surface area contributed by atoms with E-state index in [1.54, 1.807) is 23.1 Å².